The van der Waals surface area contributed by atoms with Crippen molar-refractivity contribution in [3.05, 3.63) is 53.6 Å². The molecule has 0 saturated heterocycles. The zero-order chi connectivity index (χ0) is 16.1. The van der Waals surface area contributed by atoms with E-state index in [1.54, 1.807) is 36.1 Å². The quantitative estimate of drug-likeness (QED) is 0.796. The summed E-state index contributed by atoms with van der Waals surface area (Å²) < 4.78 is 20.2. The molecule has 0 aliphatic heterocycles. The smallest absolute Gasteiger partial charge is 0.246 e. The van der Waals surface area contributed by atoms with Gasteiger partial charge in [-0.25, -0.2) is 4.39 Å². The summed E-state index contributed by atoms with van der Waals surface area (Å²) in [6.07, 6.45) is 6.64. The second-order valence-electron chi connectivity index (χ2n) is 4.94. The van der Waals surface area contributed by atoms with Crippen molar-refractivity contribution in [2.45, 2.75) is 6.54 Å². The van der Waals surface area contributed by atoms with Crippen molar-refractivity contribution in [2.75, 3.05) is 14.2 Å². The minimum atomic E-state index is -0.438. The number of aromatic nitrogens is 2. The van der Waals surface area contributed by atoms with E-state index in [2.05, 4.69) is 5.10 Å². The zero-order valence-electron chi connectivity index (χ0n) is 12.8. The summed E-state index contributed by atoms with van der Waals surface area (Å²) in [5, 5.41) is 4.02. The molecule has 0 radical (unpaired) electrons. The van der Waals surface area contributed by atoms with E-state index >= 15 is 0 Å². The molecule has 116 valence electrons. The molecule has 22 heavy (non-hydrogen) atoms. The lowest BCUT2D eigenvalue weighted by Gasteiger charge is -2.15. The van der Waals surface area contributed by atoms with Crippen molar-refractivity contribution in [2.24, 2.45) is 7.05 Å². The highest BCUT2D eigenvalue weighted by Crippen LogP contribution is 2.18. The summed E-state index contributed by atoms with van der Waals surface area (Å²) in [6, 6.07) is 4.65. The largest absolute Gasteiger partial charge is 0.494 e. The van der Waals surface area contributed by atoms with Gasteiger partial charge in [0.05, 0.1) is 13.3 Å². The van der Waals surface area contributed by atoms with Gasteiger partial charge in [0.15, 0.2) is 11.6 Å². The molecule has 0 fully saturated rings. The highest BCUT2D eigenvalue weighted by atomic mass is 19.1. The van der Waals surface area contributed by atoms with Gasteiger partial charge in [-0.1, -0.05) is 6.07 Å². The topological polar surface area (TPSA) is 47.4 Å². The molecule has 1 aromatic heterocycles. The molecule has 1 amide bonds. The number of halogens is 1. The Morgan fingerprint density at radius 3 is 2.86 bits per heavy atom. The van der Waals surface area contributed by atoms with Crippen molar-refractivity contribution < 1.29 is 13.9 Å². The van der Waals surface area contributed by atoms with Crippen LogP contribution in [0.5, 0.6) is 5.75 Å². The van der Waals surface area contributed by atoms with E-state index < -0.39 is 5.82 Å². The molecule has 2 rings (SSSR count). The van der Waals surface area contributed by atoms with Crippen LogP contribution in [0.1, 0.15) is 11.1 Å². The fourth-order valence-corrected chi connectivity index (χ4v) is 1.98. The number of carbonyl (C=O) groups excluding carboxylic acids is 1. The molecular formula is C16H18FN3O2. The first-order valence-electron chi connectivity index (χ1n) is 6.74. The monoisotopic (exact) mass is 303 g/mol. The number of hydrogen-bond donors (Lipinski definition) is 0. The zero-order valence-corrected chi connectivity index (χ0v) is 12.8. The van der Waals surface area contributed by atoms with Crippen LogP contribution in [-0.2, 0) is 18.4 Å². The second-order valence-corrected chi connectivity index (χ2v) is 4.94. The van der Waals surface area contributed by atoms with E-state index in [1.807, 2.05) is 13.2 Å². The van der Waals surface area contributed by atoms with E-state index in [1.165, 1.54) is 24.2 Å². The lowest BCUT2D eigenvalue weighted by molar-refractivity contribution is -0.125. The third-order valence-corrected chi connectivity index (χ3v) is 3.16. The van der Waals surface area contributed by atoms with Crippen LogP contribution >= 0.6 is 0 Å². The fourth-order valence-electron chi connectivity index (χ4n) is 1.98. The summed E-state index contributed by atoms with van der Waals surface area (Å²) in [4.78, 5) is 13.5. The maximum atomic E-state index is 13.6. The van der Waals surface area contributed by atoms with Crippen LogP contribution in [0.2, 0.25) is 0 Å². The highest BCUT2D eigenvalue weighted by Gasteiger charge is 2.09. The predicted octanol–water partition coefficient (Wildman–Crippen LogP) is 2.24. The second kappa shape index (κ2) is 6.89. The number of hydrogen-bond acceptors (Lipinski definition) is 3. The molecule has 0 atom stereocenters. The molecule has 2 aromatic rings. The minimum Gasteiger partial charge on any atom is -0.494 e. The Hall–Kier alpha value is -2.63. The van der Waals surface area contributed by atoms with Crippen LogP contribution < -0.4 is 4.74 Å². The van der Waals surface area contributed by atoms with Crippen LogP contribution in [0.3, 0.4) is 0 Å². The first kappa shape index (κ1) is 15.8. The van der Waals surface area contributed by atoms with Crippen LogP contribution in [0.25, 0.3) is 6.08 Å². The number of amides is 1. The fraction of sp³-hybridized carbons (Fsp3) is 0.250. The van der Waals surface area contributed by atoms with Crippen molar-refractivity contribution in [1.29, 1.82) is 0 Å². The summed E-state index contributed by atoms with van der Waals surface area (Å²) in [7, 11) is 4.89. The van der Waals surface area contributed by atoms with Crippen molar-refractivity contribution >= 4 is 12.0 Å². The molecule has 0 bridgehead atoms. The summed E-state index contributed by atoms with van der Waals surface area (Å²) in [5.41, 5.74) is 1.55. The van der Waals surface area contributed by atoms with Crippen LogP contribution in [0.15, 0.2) is 36.7 Å². The number of rotatable bonds is 5. The molecule has 5 nitrogen and oxygen atoms in total. The van der Waals surface area contributed by atoms with Gasteiger partial charge in [0, 0.05) is 38.5 Å². The van der Waals surface area contributed by atoms with Crippen LogP contribution in [0.4, 0.5) is 4.39 Å². The van der Waals surface area contributed by atoms with Crippen LogP contribution in [0, 0.1) is 5.82 Å². The SMILES string of the molecule is COc1ccc(CN(C)C(=O)C=Cc2cnn(C)c2)cc1F. The molecule has 0 saturated carbocycles. The van der Waals surface area contributed by atoms with E-state index in [9.17, 15) is 9.18 Å². The summed E-state index contributed by atoms with van der Waals surface area (Å²) in [6.45, 7) is 0.317. The number of aryl methyl sites for hydroxylation is 1. The van der Waals surface area contributed by atoms with Gasteiger partial charge in [-0.3, -0.25) is 9.48 Å². The Morgan fingerprint density at radius 2 is 2.27 bits per heavy atom. The van der Waals surface area contributed by atoms with E-state index in [0.717, 1.165) is 5.56 Å². The average Bonchev–Trinajstić information content (AvgIpc) is 2.90. The summed E-state index contributed by atoms with van der Waals surface area (Å²) in [5.74, 6) is -0.416. The molecule has 0 unspecified atom stereocenters. The van der Waals surface area contributed by atoms with Crippen molar-refractivity contribution in [1.82, 2.24) is 14.7 Å². The lowest BCUT2D eigenvalue weighted by atomic mass is 10.2. The molecule has 0 N–H and O–H groups in total. The van der Waals surface area contributed by atoms with Gasteiger partial charge < -0.3 is 9.64 Å². The summed E-state index contributed by atoms with van der Waals surface area (Å²) >= 11 is 0. The predicted molar refractivity (Wildman–Crippen MR) is 81.7 cm³/mol. The number of methoxy groups -OCH3 is 1. The first-order valence-corrected chi connectivity index (χ1v) is 6.74. The number of likely N-dealkylation sites (N-methyl/N-ethyl adjacent to an activating group) is 1. The van der Waals surface area contributed by atoms with Gasteiger partial charge >= 0.3 is 0 Å². The van der Waals surface area contributed by atoms with Crippen LogP contribution in [-0.4, -0.2) is 34.7 Å². The van der Waals surface area contributed by atoms with E-state index in [-0.39, 0.29) is 11.7 Å². The Kier molecular flexibility index (Phi) is 4.93. The average molecular weight is 303 g/mol. The maximum absolute atomic E-state index is 13.6. The van der Waals surface area contributed by atoms with E-state index in [4.69, 9.17) is 4.74 Å². The van der Waals surface area contributed by atoms with Gasteiger partial charge in [0.25, 0.3) is 0 Å². The molecule has 0 aliphatic carbocycles. The standard InChI is InChI=1S/C16H18FN3O2/c1-19(10-12-4-6-15(22-3)14(17)8-12)16(21)7-5-13-9-18-20(2)11-13/h4-9,11H,10H2,1-3H3. The third-order valence-electron chi connectivity index (χ3n) is 3.16. The molecule has 6 heteroatoms. The third kappa shape index (κ3) is 3.94. The highest BCUT2D eigenvalue weighted by molar-refractivity contribution is 5.91. The Bertz CT molecular complexity index is 694. The Morgan fingerprint density at radius 1 is 1.50 bits per heavy atom. The minimum absolute atomic E-state index is 0.167. The van der Waals surface area contributed by atoms with Crippen molar-refractivity contribution in [3.8, 4) is 5.75 Å². The molecule has 1 heterocycles. The maximum Gasteiger partial charge on any atom is 0.246 e. The Labute approximate surface area is 128 Å². The van der Waals surface area contributed by atoms with Gasteiger partial charge in [-0.2, -0.15) is 5.10 Å². The van der Waals surface area contributed by atoms with E-state index in [0.29, 0.717) is 12.1 Å². The van der Waals surface area contributed by atoms with Crippen molar-refractivity contribution in [3.63, 3.8) is 0 Å². The number of benzene rings is 1. The first-order chi connectivity index (χ1) is 10.5. The molecule has 0 aliphatic rings. The number of ether oxygens (including phenoxy) is 1. The van der Waals surface area contributed by atoms with Gasteiger partial charge in [0.1, 0.15) is 0 Å². The molecule has 0 spiro atoms. The lowest BCUT2D eigenvalue weighted by Crippen LogP contribution is -2.24. The normalized spacial score (nSPS) is 10.9. The van der Waals surface area contributed by atoms with Gasteiger partial charge in [-0.15, -0.1) is 0 Å². The van der Waals surface area contributed by atoms with Gasteiger partial charge in [0.2, 0.25) is 5.91 Å². The number of nitrogens with zero attached hydrogens (tertiary/aromatic N) is 3. The molecular weight excluding hydrogens is 285 g/mol. The van der Waals surface area contributed by atoms with Gasteiger partial charge in [-0.05, 0) is 23.8 Å². The molecule has 1 aromatic carbocycles. The Balaban J connectivity index is 1.99. The number of carbonyl (C=O) groups is 1.